The number of carbonyl (C=O) groups is 1. The average Bonchev–Trinajstić information content (AvgIpc) is 2.79. The number of pyridine rings is 1. The van der Waals surface area contributed by atoms with Crippen molar-refractivity contribution in [1.29, 1.82) is 0 Å². The summed E-state index contributed by atoms with van der Waals surface area (Å²) >= 11 is 1.29. The maximum absolute atomic E-state index is 11.7. The quantitative estimate of drug-likeness (QED) is 0.828. The summed E-state index contributed by atoms with van der Waals surface area (Å²) in [5, 5.41) is 4.06. The van der Waals surface area contributed by atoms with Crippen molar-refractivity contribution < 1.29 is 9.53 Å². The highest BCUT2D eigenvalue weighted by molar-refractivity contribution is 7.18. The Morgan fingerprint density at radius 1 is 1.55 bits per heavy atom. The summed E-state index contributed by atoms with van der Waals surface area (Å²) in [4.78, 5) is 16.4. The predicted molar refractivity (Wildman–Crippen MR) is 81.0 cm³/mol. The monoisotopic (exact) mass is 291 g/mol. The highest BCUT2D eigenvalue weighted by Gasteiger charge is 2.15. The van der Waals surface area contributed by atoms with E-state index in [0.717, 1.165) is 16.3 Å². The third-order valence-corrected chi connectivity index (χ3v) is 3.86. The molecular weight excluding hydrogens is 274 g/mol. The zero-order chi connectivity index (χ0) is 14.5. The third-order valence-electron chi connectivity index (χ3n) is 2.77. The van der Waals surface area contributed by atoms with Gasteiger partial charge in [-0.05, 0) is 31.5 Å². The average molecular weight is 291 g/mol. The van der Waals surface area contributed by atoms with Gasteiger partial charge in [0.15, 0.2) is 0 Å². The number of nitrogens with one attached hydrogen (secondary N) is 1. The van der Waals surface area contributed by atoms with E-state index in [9.17, 15) is 4.79 Å². The number of nitrogens with zero attached hydrogens (tertiary/aromatic N) is 1. The van der Waals surface area contributed by atoms with Crippen LogP contribution in [0.4, 0.5) is 10.7 Å². The molecular formula is C14H17N3O2S. The molecule has 2 rings (SSSR count). The van der Waals surface area contributed by atoms with Gasteiger partial charge < -0.3 is 15.8 Å². The van der Waals surface area contributed by atoms with Gasteiger partial charge in [-0.25, -0.2) is 4.79 Å². The van der Waals surface area contributed by atoms with Crippen LogP contribution in [0.5, 0.6) is 0 Å². The highest BCUT2D eigenvalue weighted by Crippen LogP contribution is 2.30. The first-order chi connectivity index (χ1) is 9.61. The lowest BCUT2D eigenvalue weighted by molar-refractivity contribution is 0.0533. The van der Waals surface area contributed by atoms with E-state index in [1.165, 1.54) is 11.3 Å². The van der Waals surface area contributed by atoms with E-state index in [0.29, 0.717) is 23.7 Å². The molecule has 0 aliphatic rings. The van der Waals surface area contributed by atoms with Crippen LogP contribution in [0.25, 0.3) is 0 Å². The summed E-state index contributed by atoms with van der Waals surface area (Å²) in [5.74, 6) is -0.378. The summed E-state index contributed by atoms with van der Waals surface area (Å²) in [7, 11) is 0. The molecule has 0 bridgehead atoms. The van der Waals surface area contributed by atoms with Gasteiger partial charge in [-0.15, -0.1) is 11.3 Å². The number of thiophene rings is 1. The maximum Gasteiger partial charge on any atom is 0.350 e. The number of esters is 1. The standard InChI is InChI=1S/C14H17N3O2S/c1-3-19-14(18)13-10(15)7-12(20-13)17-8-11-9(2)5-4-6-16-11/h4-7,17H,3,8,15H2,1-2H3. The zero-order valence-electron chi connectivity index (χ0n) is 11.5. The van der Waals surface area contributed by atoms with Crippen molar-refractivity contribution in [1.82, 2.24) is 4.98 Å². The van der Waals surface area contributed by atoms with Crippen molar-refractivity contribution in [2.75, 3.05) is 17.7 Å². The smallest absolute Gasteiger partial charge is 0.350 e. The Hall–Kier alpha value is -2.08. The summed E-state index contributed by atoms with van der Waals surface area (Å²) in [6.07, 6.45) is 1.76. The first-order valence-electron chi connectivity index (χ1n) is 6.32. The van der Waals surface area contributed by atoms with E-state index in [-0.39, 0.29) is 5.97 Å². The van der Waals surface area contributed by atoms with Crippen LogP contribution in [0.3, 0.4) is 0 Å². The molecule has 0 atom stereocenters. The van der Waals surface area contributed by atoms with Gasteiger partial charge in [-0.1, -0.05) is 6.07 Å². The number of carbonyl (C=O) groups excluding carboxylic acids is 1. The number of nitrogen functional groups attached to an aromatic ring is 1. The molecule has 0 spiro atoms. The molecule has 5 nitrogen and oxygen atoms in total. The van der Waals surface area contributed by atoms with Gasteiger partial charge in [0.2, 0.25) is 0 Å². The van der Waals surface area contributed by atoms with Crippen molar-refractivity contribution >= 4 is 28.0 Å². The van der Waals surface area contributed by atoms with Gasteiger partial charge >= 0.3 is 5.97 Å². The molecule has 0 aliphatic carbocycles. The van der Waals surface area contributed by atoms with Gasteiger partial charge in [0.25, 0.3) is 0 Å². The Kier molecular flexibility index (Phi) is 4.57. The second-order valence-corrected chi connectivity index (χ2v) is 5.29. The van der Waals surface area contributed by atoms with Crippen molar-refractivity contribution in [3.8, 4) is 0 Å². The fourth-order valence-corrected chi connectivity index (χ4v) is 2.59. The van der Waals surface area contributed by atoms with Crippen LogP contribution >= 0.6 is 11.3 Å². The van der Waals surface area contributed by atoms with Crippen LogP contribution < -0.4 is 11.1 Å². The number of hydrogen-bond acceptors (Lipinski definition) is 6. The SMILES string of the molecule is CCOC(=O)c1sc(NCc2ncccc2C)cc1N. The van der Waals surface area contributed by atoms with Gasteiger partial charge in [0.05, 0.1) is 29.5 Å². The van der Waals surface area contributed by atoms with E-state index < -0.39 is 0 Å². The van der Waals surface area contributed by atoms with Crippen molar-refractivity contribution in [3.05, 3.63) is 40.5 Å². The second-order valence-electron chi connectivity index (χ2n) is 4.24. The van der Waals surface area contributed by atoms with Gasteiger partial charge in [-0.3, -0.25) is 4.98 Å². The molecule has 2 aromatic heterocycles. The Morgan fingerprint density at radius 2 is 2.35 bits per heavy atom. The van der Waals surface area contributed by atoms with Gasteiger partial charge in [0.1, 0.15) is 4.88 Å². The molecule has 20 heavy (non-hydrogen) atoms. The van der Waals surface area contributed by atoms with E-state index in [1.54, 1.807) is 19.2 Å². The zero-order valence-corrected chi connectivity index (χ0v) is 12.3. The van der Waals surface area contributed by atoms with Crippen LogP contribution in [-0.2, 0) is 11.3 Å². The van der Waals surface area contributed by atoms with Crippen LogP contribution in [0.2, 0.25) is 0 Å². The van der Waals surface area contributed by atoms with Crippen LogP contribution in [0.15, 0.2) is 24.4 Å². The number of rotatable bonds is 5. The fraction of sp³-hybridized carbons (Fsp3) is 0.286. The van der Waals surface area contributed by atoms with Crippen LogP contribution in [-0.4, -0.2) is 17.6 Å². The minimum Gasteiger partial charge on any atom is -0.462 e. The lowest BCUT2D eigenvalue weighted by Crippen LogP contribution is -2.04. The molecule has 2 aromatic rings. The molecule has 0 fully saturated rings. The molecule has 2 heterocycles. The Labute approximate surface area is 121 Å². The predicted octanol–water partition coefficient (Wildman–Crippen LogP) is 2.82. The fourth-order valence-electron chi connectivity index (χ4n) is 1.72. The van der Waals surface area contributed by atoms with Crippen LogP contribution in [0, 0.1) is 6.92 Å². The minimum atomic E-state index is -0.378. The Morgan fingerprint density at radius 3 is 3.05 bits per heavy atom. The molecule has 0 aliphatic heterocycles. The first-order valence-corrected chi connectivity index (χ1v) is 7.14. The molecule has 0 saturated heterocycles. The molecule has 6 heteroatoms. The molecule has 0 amide bonds. The number of aryl methyl sites for hydroxylation is 1. The molecule has 0 aromatic carbocycles. The molecule has 0 radical (unpaired) electrons. The van der Waals surface area contributed by atoms with Gasteiger partial charge in [0, 0.05) is 6.20 Å². The number of nitrogens with two attached hydrogens (primary N) is 1. The topological polar surface area (TPSA) is 77.2 Å². The third kappa shape index (κ3) is 3.27. The van der Waals surface area contributed by atoms with Crippen molar-refractivity contribution in [2.45, 2.75) is 20.4 Å². The van der Waals surface area contributed by atoms with E-state index >= 15 is 0 Å². The summed E-state index contributed by atoms with van der Waals surface area (Å²) < 4.78 is 4.96. The second kappa shape index (κ2) is 6.38. The molecule has 106 valence electrons. The maximum atomic E-state index is 11.7. The van der Waals surface area contributed by atoms with E-state index in [4.69, 9.17) is 10.5 Å². The first kappa shape index (κ1) is 14.3. The van der Waals surface area contributed by atoms with E-state index in [1.807, 2.05) is 19.1 Å². The molecule has 3 N–H and O–H groups in total. The van der Waals surface area contributed by atoms with Gasteiger partial charge in [-0.2, -0.15) is 0 Å². The number of ether oxygens (including phenoxy) is 1. The number of aromatic nitrogens is 1. The number of anilines is 2. The summed E-state index contributed by atoms with van der Waals surface area (Å²) in [6, 6.07) is 5.66. The van der Waals surface area contributed by atoms with Crippen LogP contribution in [0.1, 0.15) is 27.9 Å². The highest BCUT2D eigenvalue weighted by atomic mass is 32.1. The molecule has 0 saturated carbocycles. The largest absolute Gasteiger partial charge is 0.462 e. The normalized spacial score (nSPS) is 10.3. The van der Waals surface area contributed by atoms with Crippen molar-refractivity contribution in [2.24, 2.45) is 0 Å². The lowest BCUT2D eigenvalue weighted by Gasteiger charge is -2.05. The molecule has 0 unspecified atom stereocenters. The summed E-state index contributed by atoms with van der Waals surface area (Å²) in [5.41, 5.74) is 8.35. The summed E-state index contributed by atoms with van der Waals surface area (Å²) in [6.45, 7) is 4.71. The Bertz CT molecular complexity index is 610. The number of hydrogen-bond donors (Lipinski definition) is 2. The van der Waals surface area contributed by atoms with Crippen molar-refractivity contribution in [3.63, 3.8) is 0 Å². The minimum absolute atomic E-state index is 0.339. The lowest BCUT2D eigenvalue weighted by atomic mass is 10.2. The van der Waals surface area contributed by atoms with E-state index in [2.05, 4.69) is 10.3 Å². The Balaban J connectivity index is 2.06.